The summed E-state index contributed by atoms with van der Waals surface area (Å²) in [6.45, 7) is 8.73. The van der Waals surface area contributed by atoms with Gasteiger partial charge in [-0.15, -0.1) is 0 Å². The molecule has 1 N–H and O–H groups in total. The summed E-state index contributed by atoms with van der Waals surface area (Å²) in [5.74, 6) is 0.474. The third-order valence-corrected chi connectivity index (χ3v) is 8.75. The number of hydrogen-bond donors (Lipinski definition) is 1. The molecular weight excluding hydrogens is 388 g/mol. The monoisotopic (exact) mass is 416 g/mol. The second kappa shape index (κ2) is 6.32. The van der Waals surface area contributed by atoms with Gasteiger partial charge in [0.15, 0.2) is 5.78 Å². The van der Waals surface area contributed by atoms with Gasteiger partial charge >= 0.3 is 5.97 Å². The van der Waals surface area contributed by atoms with Crippen molar-refractivity contribution in [3.8, 4) is 5.75 Å². The first kappa shape index (κ1) is 20.0. The fraction of sp³-hybridized carbons (Fsp3) is 0.407. The first-order valence-corrected chi connectivity index (χ1v) is 11.0. The number of rotatable bonds is 4. The van der Waals surface area contributed by atoms with Crippen LogP contribution in [0.1, 0.15) is 77.4 Å². The molecule has 4 unspecified atom stereocenters. The van der Waals surface area contributed by atoms with E-state index in [1.807, 2.05) is 18.2 Å². The van der Waals surface area contributed by atoms with Gasteiger partial charge in [0.1, 0.15) is 11.4 Å². The molecule has 0 saturated heterocycles. The number of carbonyl (C=O) groups excluding carboxylic acids is 1. The molecule has 1 aliphatic heterocycles. The predicted octanol–water partition coefficient (Wildman–Crippen LogP) is 5.82. The lowest BCUT2D eigenvalue weighted by molar-refractivity contribution is -0.0260. The zero-order valence-electron chi connectivity index (χ0n) is 18.5. The summed E-state index contributed by atoms with van der Waals surface area (Å²) in [5.41, 5.74) is 3.48. The number of ketones is 1. The van der Waals surface area contributed by atoms with Gasteiger partial charge in [0, 0.05) is 16.5 Å². The molecule has 2 saturated carbocycles. The van der Waals surface area contributed by atoms with E-state index in [0.717, 1.165) is 11.3 Å². The van der Waals surface area contributed by atoms with Crippen molar-refractivity contribution >= 4 is 17.8 Å². The Morgan fingerprint density at radius 3 is 2.61 bits per heavy atom. The van der Waals surface area contributed by atoms with Gasteiger partial charge in [0.2, 0.25) is 0 Å². The first-order valence-electron chi connectivity index (χ1n) is 11.0. The van der Waals surface area contributed by atoms with Crippen molar-refractivity contribution in [1.29, 1.82) is 0 Å². The lowest BCUT2D eigenvalue weighted by atomic mass is 9.56. The molecule has 1 heterocycles. The molecule has 2 aromatic carbocycles. The molecule has 0 spiro atoms. The summed E-state index contributed by atoms with van der Waals surface area (Å²) in [6, 6.07) is 10.9. The third kappa shape index (κ3) is 2.54. The van der Waals surface area contributed by atoms with Crippen molar-refractivity contribution in [3.63, 3.8) is 0 Å². The van der Waals surface area contributed by atoms with E-state index >= 15 is 0 Å². The van der Waals surface area contributed by atoms with Gasteiger partial charge in [0.05, 0.1) is 5.56 Å². The largest absolute Gasteiger partial charge is 0.486 e. The molecule has 3 aliphatic rings. The number of carboxylic acid groups (broad SMARTS) is 1. The Hall–Kier alpha value is -2.88. The number of hydrogen-bond acceptors (Lipinski definition) is 3. The van der Waals surface area contributed by atoms with Gasteiger partial charge < -0.3 is 9.84 Å². The number of carboxylic acids is 1. The van der Waals surface area contributed by atoms with Gasteiger partial charge in [-0.1, -0.05) is 32.1 Å². The lowest BCUT2D eigenvalue weighted by Crippen LogP contribution is -2.54. The molecule has 2 aromatic rings. The zero-order chi connectivity index (χ0) is 22.2. The summed E-state index contributed by atoms with van der Waals surface area (Å²) in [6.07, 6.45) is 6.91. The van der Waals surface area contributed by atoms with E-state index in [-0.39, 0.29) is 27.8 Å². The Morgan fingerprint density at radius 1 is 1.13 bits per heavy atom. The summed E-state index contributed by atoms with van der Waals surface area (Å²) in [5, 5.41) is 9.18. The van der Waals surface area contributed by atoms with Gasteiger partial charge in [0.25, 0.3) is 0 Å². The quantitative estimate of drug-likeness (QED) is 0.504. The van der Waals surface area contributed by atoms with Crippen LogP contribution in [0.2, 0.25) is 0 Å². The van der Waals surface area contributed by atoms with Crippen molar-refractivity contribution in [2.75, 3.05) is 0 Å². The van der Waals surface area contributed by atoms with E-state index in [4.69, 9.17) is 4.74 Å². The van der Waals surface area contributed by atoms with Crippen LogP contribution in [-0.4, -0.2) is 22.5 Å². The summed E-state index contributed by atoms with van der Waals surface area (Å²) < 4.78 is 6.55. The van der Waals surface area contributed by atoms with Gasteiger partial charge in [-0.3, -0.25) is 4.79 Å². The van der Waals surface area contributed by atoms with Crippen LogP contribution in [0.25, 0.3) is 6.08 Å². The molecule has 31 heavy (non-hydrogen) atoms. The van der Waals surface area contributed by atoms with Crippen molar-refractivity contribution in [1.82, 2.24) is 0 Å². The van der Waals surface area contributed by atoms with Crippen LogP contribution >= 0.6 is 0 Å². The van der Waals surface area contributed by atoms with Gasteiger partial charge in [-0.2, -0.15) is 0 Å². The molecule has 5 rings (SSSR count). The standard InChI is InChI=1S/C27H28O4/c1-16-13-17(5-8-20(16)24(29)30)6-9-22(28)18-7-10-23-21(14-18)26(3)25(2)12-11-19(15-25)27(26,4)31-23/h5-10,13-14,19H,11-12,15H2,1-4H3,(H,29,30). The number of fused-ring (bicyclic) bond motifs is 7. The average molecular weight is 417 g/mol. The molecule has 0 amide bonds. The summed E-state index contributed by atoms with van der Waals surface area (Å²) in [4.78, 5) is 24.2. The Balaban J connectivity index is 1.45. The predicted molar refractivity (Wildman–Crippen MR) is 120 cm³/mol. The van der Waals surface area contributed by atoms with Gasteiger partial charge in [-0.25, -0.2) is 4.79 Å². The number of aryl methyl sites for hydroxylation is 1. The van der Waals surface area contributed by atoms with E-state index in [1.165, 1.54) is 24.8 Å². The second-order valence-electron chi connectivity index (χ2n) is 10.1. The molecule has 2 aliphatic carbocycles. The minimum atomic E-state index is -0.945. The number of ether oxygens (including phenoxy) is 1. The maximum atomic E-state index is 13.0. The highest BCUT2D eigenvalue weighted by Crippen LogP contribution is 2.73. The molecule has 2 fully saturated rings. The molecule has 4 atom stereocenters. The Kier molecular flexibility index (Phi) is 4.09. The van der Waals surface area contributed by atoms with E-state index in [9.17, 15) is 14.7 Å². The molecule has 0 aromatic heterocycles. The lowest BCUT2D eigenvalue weighted by Gasteiger charge is -2.48. The third-order valence-electron chi connectivity index (χ3n) is 8.75. The number of carbonyl (C=O) groups is 2. The molecule has 2 bridgehead atoms. The van der Waals surface area contributed by atoms with Crippen LogP contribution < -0.4 is 4.74 Å². The van der Waals surface area contributed by atoms with E-state index in [2.05, 4.69) is 20.8 Å². The highest BCUT2D eigenvalue weighted by molar-refractivity contribution is 6.07. The fourth-order valence-corrected chi connectivity index (χ4v) is 6.64. The van der Waals surface area contributed by atoms with E-state index in [1.54, 1.807) is 37.3 Å². The van der Waals surface area contributed by atoms with Crippen molar-refractivity contribution in [2.45, 2.75) is 58.0 Å². The number of benzene rings is 2. The minimum Gasteiger partial charge on any atom is -0.486 e. The molecule has 0 radical (unpaired) electrons. The Labute approximate surface area is 182 Å². The summed E-state index contributed by atoms with van der Waals surface area (Å²) in [7, 11) is 0. The minimum absolute atomic E-state index is 0.0618. The van der Waals surface area contributed by atoms with Crippen LogP contribution in [0.15, 0.2) is 42.5 Å². The SMILES string of the molecule is Cc1cc(C=CC(=O)c2ccc3c(c2)C2(C)C4(C)CCC(C4)C2(C)O3)ccc1C(=O)O. The Morgan fingerprint density at radius 2 is 1.90 bits per heavy atom. The maximum absolute atomic E-state index is 13.0. The van der Waals surface area contributed by atoms with Crippen molar-refractivity contribution in [3.05, 3.63) is 70.3 Å². The molecule has 160 valence electrons. The van der Waals surface area contributed by atoms with Crippen LogP contribution in [0.5, 0.6) is 5.75 Å². The van der Waals surface area contributed by atoms with E-state index in [0.29, 0.717) is 17.0 Å². The Bertz CT molecular complexity index is 1160. The maximum Gasteiger partial charge on any atom is 0.335 e. The second-order valence-corrected chi connectivity index (χ2v) is 10.1. The average Bonchev–Trinajstić information content (AvgIpc) is 3.29. The smallest absolute Gasteiger partial charge is 0.335 e. The first-order chi connectivity index (χ1) is 14.6. The van der Waals surface area contributed by atoms with Crippen LogP contribution in [0.4, 0.5) is 0 Å². The van der Waals surface area contributed by atoms with E-state index < -0.39 is 5.97 Å². The molecule has 4 nitrogen and oxygen atoms in total. The van der Waals surface area contributed by atoms with Crippen molar-refractivity contribution < 1.29 is 19.4 Å². The normalized spacial score (nSPS) is 32.7. The topological polar surface area (TPSA) is 63.6 Å². The highest BCUT2D eigenvalue weighted by Gasteiger charge is 2.73. The van der Waals surface area contributed by atoms with Crippen LogP contribution in [-0.2, 0) is 5.41 Å². The van der Waals surface area contributed by atoms with Gasteiger partial charge in [-0.05, 0) is 85.9 Å². The number of aromatic carboxylic acids is 1. The zero-order valence-corrected chi connectivity index (χ0v) is 18.5. The fourth-order valence-electron chi connectivity index (χ4n) is 6.64. The highest BCUT2D eigenvalue weighted by atomic mass is 16.5. The summed E-state index contributed by atoms with van der Waals surface area (Å²) >= 11 is 0. The van der Waals surface area contributed by atoms with Crippen LogP contribution in [0, 0.1) is 18.3 Å². The molecular formula is C27H28O4. The number of allylic oxidation sites excluding steroid dienone is 1. The van der Waals surface area contributed by atoms with Crippen molar-refractivity contribution in [2.24, 2.45) is 11.3 Å². The van der Waals surface area contributed by atoms with Crippen LogP contribution in [0.3, 0.4) is 0 Å². The molecule has 4 heteroatoms.